The van der Waals surface area contributed by atoms with Crippen LogP contribution in [0.1, 0.15) is 56.6 Å². The summed E-state index contributed by atoms with van der Waals surface area (Å²) in [6, 6.07) is -0.438. The Balaban J connectivity index is 0. The lowest BCUT2D eigenvalue weighted by Gasteiger charge is -2.07. The van der Waals surface area contributed by atoms with Gasteiger partial charge in [0, 0.05) is 0 Å². The van der Waals surface area contributed by atoms with Gasteiger partial charge >= 0.3 is 5.97 Å². The molecule has 1 heterocycles. The van der Waals surface area contributed by atoms with E-state index in [9.17, 15) is 9.59 Å². The molecule has 1 aromatic rings. The molecule has 0 fully saturated rings. The van der Waals surface area contributed by atoms with E-state index in [0.717, 1.165) is 24.4 Å². The van der Waals surface area contributed by atoms with Gasteiger partial charge < -0.3 is 10.5 Å². The van der Waals surface area contributed by atoms with Crippen LogP contribution in [0.2, 0.25) is 10.2 Å². The molecule has 1 atom stereocenters. The molecule has 8 heteroatoms. The number of hydrogen-bond donors (Lipinski definition) is 1. The molecule has 5 nitrogen and oxygen atoms in total. The molecule has 0 aliphatic carbocycles. The second-order valence-electron chi connectivity index (χ2n) is 3.81. The lowest BCUT2D eigenvalue weighted by atomic mass is 10.2. The molecule has 0 aliphatic heterocycles. The van der Waals surface area contributed by atoms with Crippen LogP contribution in [-0.2, 0) is 9.53 Å². The number of rotatable bonds is 6. The Morgan fingerprint density at radius 2 is 2.00 bits per heavy atom. The van der Waals surface area contributed by atoms with Crippen molar-refractivity contribution in [3.63, 3.8) is 0 Å². The summed E-state index contributed by atoms with van der Waals surface area (Å²) in [5, 5.41) is 0.445. The third kappa shape index (κ3) is 10.1. The van der Waals surface area contributed by atoms with Gasteiger partial charge in [-0.2, -0.15) is 4.37 Å². The van der Waals surface area contributed by atoms with E-state index < -0.39 is 6.04 Å². The van der Waals surface area contributed by atoms with Crippen molar-refractivity contribution in [3.05, 3.63) is 15.1 Å². The molecular weight excluding hydrogens is 347 g/mol. The van der Waals surface area contributed by atoms with Crippen molar-refractivity contribution in [1.29, 1.82) is 0 Å². The highest BCUT2D eigenvalue weighted by atomic mass is 35.5. The maximum Gasteiger partial charge on any atom is 0.322 e. The molecule has 1 aromatic heterocycles. The summed E-state index contributed by atoms with van der Waals surface area (Å²) < 4.78 is 8.50. The molecular formula is C14H24Cl2N2O3S. The van der Waals surface area contributed by atoms with E-state index in [1.165, 1.54) is 0 Å². The second kappa shape index (κ2) is 15.2. The van der Waals surface area contributed by atoms with Gasteiger partial charge in [0.1, 0.15) is 15.9 Å². The third-order valence-electron chi connectivity index (χ3n) is 2.21. The molecule has 0 saturated carbocycles. The topological polar surface area (TPSA) is 82.3 Å². The predicted molar refractivity (Wildman–Crippen MR) is 93.0 cm³/mol. The van der Waals surface area contributed by atoms with E-state index in [0.29, 0.717) is 24.2 Å². The van der Waals surface area contributed by atoms with E-state index in [4.69, 9.17) is 33.7 Å². The van der Waals surface area contributed by atoms with Crippen LogP contribution in [0.25, 0.3) is 0 Å². The maximum atomic E-state index is 10.9. The summed E-state index contributed by atoms with van der Waals surface area (Å²) in [5.74, 6) is -0.277. The number of esters is 1. The zero-order valence-electron chi connectivity index (χ0n) is 13.4. The van der Waals surface area contributed by atoms with Crippen molar-refractivity contribution in [2.45, 2.75) is 53.0 Å². The van der Waals surface area contributed by atoms with Gasteiger partial charge in [-0.15, -0.1) is 0 Å². The summed E-state index contributed by atoms with van der Waals surface area (Å²) in [5.41, 5.74) is 5.42. The van der Waals surface area contributed by atoms with Crippen LogP contribution in [-0.4, -0.2) is 29.3 Å². The van der Waals surface area contributed by atoms with Gasteiger partial charge in [0.2, 0.25) is 0 Å². The molecule has 0 aromatic carbocycles. The van der Waals surface area contributed by atoms with Gasteiger partial charge in [0.25, 0.3) is 0 Å². The second-order valence-corrected chi connectivity index (χ2v) is 5.35. The average Bonchev–Trinajstić information content (AvgIpc) is 2.88. The van der Waals surface area contributed by atoms with Crippen LogP contribution in [0.5, 0.6) is 0 Å². The minimum absolute atomic E-state index is 0.198. The number of aromatic nitrogens is 1. The molecule has 0 aliphatic rings. The number of halogens is 2. The standard InChI is InChI=1S/C8H17NO2.C4HCl2NOS.C2H6/c1-3-5-6-11-8(10)7(9)4-2;5-3-2(1-8)9-7-4(3)6;1-2/h7H,3-6,9H2,1-2H3;1H;1-2H3. The minimum atomic E-state index is -0.438. The van der Waals surface area contributed by atoms with E-state index in [1.807, 2.05) is 27.7 Å². The van der Waals surface area contributed by atoms with Crippen LogP contribution in [0.15, 0.2) is 0 Å². The third-order valence-corrected chi connectivity index (χ3v) is 3.95. The normalized spacial score (nSPS) is 10.5. The highest BCUT2D eigenvalue weighted by Gasteiger charge is 2.11. The molecule has 1 rings (SSSR count). The van der Waals surface area contributed by atoms with E-state index in [1.54, 1.807) is 0 Å². The van der Waals surface area contributed by atoms with Crippen molar-refractivity contribution in [3.8, 4) is 0 Å². The summed E-state index contributed by atoms with van der Waals surface area (Å²) in [7, 11) is 0. The monoisotopic (exact) mass is 370 g/mol. The minimum Gasteiger partial charge on any atom is -0.465 e. The summed E-state index contributed by atoms with van der Waals surface area (Å²) in [6.45, 7) is 8.42. The van der Waals surface area contributed by atoms with Gasteiger partial charge in [-0.3, -0.25) is 9.59 Å². The highest BCUT2D eigenvalue weighted by Crippen LogP contribution is 2.26. The number of carbonyl (C=O) groups is 2. The first-order chi connectivity index (χ1) is 10.5. The fourth-order valence-electron chi connectivity index (χ4n) is 0.935. The van der Waals surface area contributed by atoms with Gasteiger partial charge in [-0.05, 0) is 24.4 Å². The fourth-order valence-corrected chi connectivity index (χ4v) is 1.93. The fraction of sp³-hybridized carbons (Fsp3) is 0.643. The summed E-state index contributed by atoms with van der Waals surface area (Å²) in [6.07, 6.45) is 3.23. The largest absolute Gasteiger partial charge is 0.465 e. The van der Waals surface area contributed by atoms with Gasteiger partial charge in [-0.25, -0.2) is 0 Å². The van der Waals surface area contributed by atoms with Gasteiger partial charge in [0.15, 0.2) is 11.4 Å². The number of nitrogens with zero attached hydrogens (tertiary/aromatic N) is 1. The average molecular weight is 371 g/mol. The Morgan fingerprint density at radius 3 is 2.32 bits per heavy atom. The lowest BCUT2D eigenvalue weighted by Crippen LogP contribution is -2.31. The molecule has 0 saturated heterocycles. The Kier molecular flexibility index (Phi) is 16.3. The Morgan fingerprint density at radius 1 is 1.41 bits per heavy atom. The SMILES string of the molecule is CC.CCCCOC(=O)C(N)CC.O=Cc1snc(Cl)c1Cl. The number of ether oxygens (including phenoxy) is 1. The molecule has 2 N–H and O–H groups in total. The van der Waals surface area contributed by atoms with Crippen molar-refractivity contribution in [2.75, 3.05) is 6.61 Å². The van der Waals surface area contributed by atoms with E-state index in [2.05, 4.69) is 4.37 Å². The van der Waals surface area contributed by atoms with Crippen molar-refractivity contribution < 1.29 is 14.3 Å². The first kappa shape index (κ1) is 23.6. The first-order valence-electron chi connectivity index (χ1n) is 7.15. The number of carbonyl (C=O) groups excluding carboxylic acids is 2. The molecule has 0 radical (unpaired) electrons. The quantitative estimate of drug-likeness (QED) is 0.457. The molecule has 22 heavy (non-hydrogen) atoms. The van der Waals surface area contributed by atoms with Crippen LogP contribution in [0.4, 0.5) is 0 Å². The van der Waals surface area contributed by atoms with Crippen LogP contribution in [0, 0.1) is 0 Å². The predicted octanol–water partition coefficient (Wildman–Crippen LogP) is 4.36. The van der Waals surface area contributed by atoms with Gasteiger partial charge in [0.05, 0.1) is 6.61 Å². The zero-order chi connectivity index (χ0) is 17.5. The molecule has 0 amide bonds. The highest BCUT2D eigenvalue weighted by molar-refractivity contribution is 7.08. The Bertz CT molecular complexity index is 428. The van der Waals surface area contributed by atoms with Crippen molar-refractivity contribution in [1.82, 2.24) is 4.37 Å². The van der Waals surface area contributed by atoms with Crippen molar-refractivity contribution in [2.24, 2.45) is 5.73 Å². The van der Waals surface area contributed by atoms with Crippen LogP contribution >= 0.6 is 34.7 Å². The van der Waals surface area contributed by atoms with Gasteiger partial charge in [-0.1, -0.05) is 57.3 Å². The zero-order valence-corrected chi connectivity index (χ0v) is 15.7. The number of aldehydes is 1. The van der Waals surface area contributed by atoms with Crippen molar-refractivity contribution >= 4 is 47.0 Å². The summed E-state index contributed by atoms with van der Waals surface area (Å²) >= 11 is 11.9. The molecule has 0 bridgehead atoms. The van der Waals surface area contributed by atoms with E-state index >= 15 is 0 Å². The molecule has 128 valence electrons. The van der Waals surface area contributed by atoms with Crippen LogP contribution in [0.3, 0.4) is 0 Å². The maximum absolute atomic E-state index is 10.9. The Labute approximate surface area is 146 Å². The number of hydrogen-bond acceptors (Lipinski definition) is 6. The van der Waals surface area contributed by atoms with E-state index in [-0.39, 0.29) is 16.1 Å². The number of nitrogens with two attached hydrogens (primary N) is 1. The number of unbranched alkanes of at least 4 members (excludes halogenated alkanes) is 1. The molecule has 1 unspecified atom stereocenters. The van der Waals surface area contributed by atoms with Crippen LogP contribution < -0.4 is 5.73 Å². The lowest BCUT2D eigenvalue weighted by molar-refractivity contribution is -0.145. The molecule has 0 spiro atoms. The smallest absolute Gasteiger partial charge is 0.322 e. The summed E-state index contributed by atoms with van der Waals surface area (Å²) in [4.78, 5) is 21.3. The Hall–Kier alpha value is -0.690. The first-order valence-corrected chi connectivity index (χ1v) is 8.68.